The predicted molar refractivity (Wildman–Crippen MR) is 95.7 cm³/mol. The number of aryl methyl sites for hydroxylation is 1. The van der Waals surface area contributed by atoms with E-state index in [9.17, 15) is 8.42 Å². The van der Waals surface area contributed by atoms with Crippen LogP contribution in [0, 0.1) is 0 Å². The Kier molecular flexibility index (Phi) is 4.43. The maximum absolute atomic E-state index is 13.2. The maximum Gasteiger partial charge on any atom is 0.226 e. The molecule has 1 fully saturated rings. The standard InChI is InChI=1S/C18H22N4O2S/c23-25(24,14-6-2-1-3-7-14)17-15-8-4-5-9-16(15)20-18(21-17)22-12-10-19-11-13-22/h1-3,6-7,19H,4-5,8-13H2. The van der Waals surface area contributed by atoms with Crippen molar-refractivity contribution in [2.45, 2.75) is 35.6 Å². The summed E-state index contributed by atoms with van der Waals surface area (Å²) in [5.74, 6) is 0.552. The van der Waals surface area contributed by atoms with Crippen LogP contribution < -0.4 is 10.2 Å². The molecule has 1 saturated heterocycles. The minimum absolute atomic E-state index is 0.205. The first-order valence-corrected chi connectivity index (χ1v) is 10.3. The van der Waals surface area contributed by atoms with E-state index in [1.807, 2.05) is 6.07 Å². The van der Waals surface area contributed by atoms with Gasteiger partial charge in [0.15, 0.2) is 5.03 Å². The third kappa shape index (κ3) is 3.14. The molecule has 2 aliphatic rings. The van der Waals surface area contributed by atoms with Crippen LogP contribution >= 0.6 is 0 Å². The largest absolute Gasteiger partial charge is 0.338 e. The molecule has 1 aliphatic carbocycles. The van der Waals surface area contributed by atoms with Gasteiger partial charge in [0.05, 0.1) is 10.6 Å². The maximum atomic E-state index is 13.2. The average molecular weight is 358 g/mol. The molecule has 0 spiro atoms. The van der Waals surface area contributed by atoms with Crippen molar-refractivity contribution in [2.75, 3.05) is 31.1 Å². The highest BCUT2D eigenvalue weighted by molar-refractivity contribution is 7.91. The number of rotatable bonds is 3. The lowest BCUT2D eigenvalue weighted by Gasteiger charge is -2.29. The zero-order valence-electron chi connectivity index (χ0n) is 14.1. The highest BCUT2D eigenvalue weighted by Crippen LogP contribution is 2.30. The van der Waals surface area contributed by atoms with E-state index in [4.69, 9.17) is 4.98 Å². The fraction of sp³-hybridized carbons (Fsp3) is 0.444. The Morgan fingerprint density at radius 1 is 0.960 bits per heavy atom. The fourth-order valence-corrected chi connectivity index (χ4v) is 4.97. The van der Waals surface area contributed by atoms with Gasteiger partial charge in [-0.1, -0.05) is 18.2 Å². The first-order valence-electron chi connectivity index (χ1n) is 8.82. The zero-order chi connectivity index (χ0) is 17.3. The van der Waals surface area contributed by atoms with Crippen molar-refractivity contribution in [2.24, 2.45) is 0 Å². The molecule has 25 heavy (non-hydrogen) atoms. The minimum Gasteiger partial charge on any atom is -0.338 e. The number of hydrogen-bond donors (Lipinski definition) is 1. The number of sulfone groups is 1. The quantitative estimate of drug-likeness (QED) is 0.840. The normalized spacial score (nSPS) is 18.0. The fourth-order valence-electron chi connectivity index (χ4n) is 3.49. The van der Waals surface area contributed by atoms with Gasteiger partial charge in [-0.25, -0.2) is 18.4 Å². The van der Waals surface area contributed by atoms with E-state index in [1.54, 1.807) is 24.3 Å². The Balaban J connectivity index is 1.85. The highest BCUT2D eigenvalue weighted by Gasteiger charge is 2.29. The molecule has 2 heterocycles. The Morgan fingerprint density at radius 2 is 1.68 bits per heavy atom. The van der Waals surface area contributed by atoms with Gasteiger partial charge in [0, 0.05) is 31.7 Å². The first-order chi connectivity index (χ1) is 12.2. The summed E-state index contributed by atoms with van der Waals surface area (Å²) in [6, 6.07) is 8.59. The second-order valence-corrected chi connectivity index (χ2v) is 8.38. The molecular weight excluding hydrogens is 336 g/mol. The summed E-state index contributed by atoms with van der Waals surface area (Å²) in [6.45, 7) is 3.32. The molecule has 0 atom stereocenters. The molecule has 0 saturated carbocycles. The van der Waals surface area contributed by atoms with Crippen molar-refractivity contribution in [1.82, 2.24) is 15.3 Å². The number of hydrogen-bond acceptors (Lipinski definition) is 6. The third-order valence-corrected chi connectivity index (χ3v) is 6.58. The number of nitrogens with one attached hydrogen (secondary N) is 1. The van der Waals surface area contributed by atoms with Crippen LogP contribution in [0.15, 0.2) is 40.3 Å². The van der Waals surface area contributed by atoms with Crippen molar-refractivity contribution in [1.29, 1.82) is 0 Å². The van der Waals surface area contributed by atoms with Gasteiger partial charge in [-0.3, -0.25) is 0 Å². The van der Waals surface area contributed by atoms with Gasteiger partial charge in [-0.2, -0.15) is 0 Å². The van der Waals surface area contributed by atoms with Crippen LogP contribution in [0.25, 0.3) is 0 Å². The third-order valence-electron chi connectivity index (χ3n) is 4.84. The number of nitrogens with zero attached hydrogens (tertiary/aromatic N) is 3. The molecular formula is C18H22N4O2S. The van der Waals surface area contributed by atoms with Crippen LogP contribution in [0.4, 0.5) is 5.95 Å². The van der Waals surface area contributed by atoms with E-state index in [-0.39, 0.29) is 5.03 Å². The Bertz CT molecular complexity index is 862. The summed E-state index contributed by atoms with van der Waals surface area (Å²) in [5.41, 5.74) is 1.72. The summed E-state index contributed by atoms with van der Waals surface area (Å²) in [4.78, 5) is 11.7. The highest BCUT2D eigenvalue weighted by atomic mass is 32.2. The van der Waals surface area contributed by atoms with Crippen LogP contribution in [0.3, 0.4) is 0 Å². The molecule has 6 nitrogen and oxygen atoms in total. The minimum atomic E-state index is -3.64. The van der Waals surface area contributed by atoms with E-state index < -0.39 is 9.84 Å². The van der Waals surface area contributed by atoms with Crippen LogP contribution in [0.1, 0.15) is 24.1 Å². The van der Waals surface area contributed by atoms with E-state index in [0.717, 1.165) is 63.1 Å². The molecule has 0 amide bonds. The van der Waals surface area contributed by atoms with Gasteiger partial charge in [0.1, 0.15) is 0 Å². The Labute approximate surface area is 148 Å². The average Bonchev–Trinajstić information content (AvgIpc) is 2.68. The van der Waals surface area contributed by atoms with Crippen LogP contribution in [0.2, 0.25) is 0 Å². The van der Waals surface area contributed by atoms with Crippen LogP contribution in [-0.2, 0) is 22.7 Å². The molecule has 0 radical (unpaired) electrons. The molecule has 1 N–H and O–H groups in total. The Morgan fingerprint density at radius 3 is 2.44 bits per heavy atom. The van der Waals surface area contributed by atoms with E-state index in [1.165, 1.54) is 0 Å². The first kappa shape index (κ1) is 16.5. The van der Waals surface area contributed by atoms with Gasteiger partial charge < -0.3 is 10.2 Å². The summed E-state index contributed by atoms with van der Waals surface area (Å²) < 4.78 is 26.4. The van der Waals surface area contributed by atoms with Crippen molar-refractivity contribution in [3.8, 4) is 0 Å². The summed E-state index contributed by atoms with van der Waals surface area (Å²) >= 11 is 0. The molecule has 1 aromatic heterocycles. The molecule has 1 aliphatic heterocycles. The monoisotopic (exact) mass is 358 g/mol. The van der Waals surface area contributed by atoms with Crippen LogP contribution in [0.5, 0.6) is 0 Å². The summed E-state index contributed by atoms with van der Waals surface area (Å²) in [5, 5.41) is 3.51. The lowest BCUT2D eigenvalue weighted by molar-refractivity contribution is 0.562. The summed E-state index contributed by atoms with van der Waals surface area (Å²) in [6.07, 6.45) is 3.60. The van der Waals surface area contributed by atoms with E-state index >= 15 is 0 Å². The van der Waals surface area contributed by atoms with Gasteiger partial charge in [0.25, 0.3) is 0 Å². The summed E-state index contributed by atoms with van der Waals surface area (Å²) in [7, 11) is -3.64. The van der Waals surface area contributed by atoms with Crippen molar-refractivity contribution < 1.29 is 8.42 Å². The van der Waals surface area contributed by atoms with Gasteiger partial charge in [0.2, 0.25) is 15.8 Å². The van der Waals surface area contributed by atoms with Gasteiger partial charge in [-0.15, -0.1) is 0 Å². The number of benzene rings is 1. The zero-order valence-corrected chi connectivity index (χ0v) is 14.9. The van der Waals surface area contributed by atoms with E-state index in [0.29, 0.717) is 10.8 Å². The van der Waals surface area contributed by atoms with Crippen molar-refractivity contribution >= 4 is 15.8 Å². The van der Waals surface area contributed by atoms with Gasteiger partial charge >= 0.3 is 0 Å². The molecule has 2 aromatic rings. The molecule has 0 bridgehead atoms. The molecule has 1 aromatic carbocycles. The molecule has 132 valence electrons. The molecule has 7 heteroatoms. The SMILES string of the molecule is O=S(=O)(c1ccccc1)c1nc(N2CCNCC2)nc2c1CCCC2. The van der Waals surface area contributed by atoms with Gasteiger partial charge in [-0.05, 0) is 37.8 Å². The topological polar surface area (TPSA) is 75.2 Å². The smallest absolute Gasteiger partial charge is 0.226 e. The number of fused-ring (bicyclic) bond motifs is 1. The predicted octanol–water partition coefficient (Wildman–Crippen LogP) is 1.60. The van der Waals surface area contributed by atoms with E-state index in [2.05, 4.69) is 15.2 Å². The van der Waals surface area contributed by atoms with Crippen LogP contribution in [-0.4, -0.2) is 44.6 Å². The molecule has 4 rings (SSSR count). The second kappa shape index (κ2) is 6.72. The number of piperazine rings is 1. The lowest BCUT2D eigenvalue weighted by Crippen LogP contribution is -2.44. The lowest BCUT2D eigenvalue weighted by atomic mass is 9.97. The number of aromatic nitrogens is 2. The second-order valence-electron chi connectivity index (χ2n) is 6.51. The Hall–Kier alpha value is -1.99. The number of anilines is 1. The molecule has 0 unspecified atom stereocenters. The van der Waals surface area contributed by atoms with Crippen molar-refractivity contribution in [3.05, 3.63) is 41.6 Å². The van der Waals surface area contributed by atoms with Crippen molar-refractivity contribution in [3.63, 3.8) is 0 Å².